The molecule has 0 aliphatic carbocycles. The van der Waals surface area contributed by atoms with Crippen LogP contribution in [0.2, 0.25) is 0 Å². The van der Waals surface area contributed by atoms with E-state index in [1.165, 1.54) is 0 Å². The number of rotatable bonds is 3. The Morgan fingerprint density at radius 2 is 1.95 bits per heavy atom. The van der Waals surface area contributed by atoms with Crippen LogP contribution in [0.15, 0.2) is 54.2 Å². The molecule has 0 saturated carbocycles. The van der Waals surface area contributed by atoms with Gasteiger partial charge in [-0.2, -0.15) is 0 Å². The molecule has 0 saturated heterocycles. The van der Waals surface area contributed by atoms with Gasteiger partial charge in [-0.3, -0.25) is 14.8 Å². The van der Waals surface area contributed by atoms with Crippen molar-refractivity contribution in [3.8, 4) is 0 Å². The van der Waals surface area contributed by atoms with E-state index in [0.717, 1.165) is 15.9 Å². The first-order valence-corrected chi connectivity index (χ1v) is 6.67. The summed E-state index contributed by atoms with van der Waals surface area (Å²) in [6.07, 6.45) is 6.68. The van der Waals surface area contributed by atoms with E-state index in [0.29, 0.717) is 5.56 Å². The van der Waals surface area contributed by atoms with Gasteiger partial charge in [0.2, 0.25) is 0 Å². The van der Waals surface area contributed by atoms with Crippen molar-refractivity contribution in [2.24, 2.45) is 0 Å². The highest BCUT2D eigenvalue weighted by Crippen LogP contribution is 2.14. The second-order valence-corrected chi connectivity index (χ2v) is 4.95. The van der Waals surface area contributed by atoms with Crippen LogP contribution in [-0.2, 0) is 0 Å². The molecular weight excluding hydrogens is 256 g/mol. The summed E-state index contributed by atoms with van der Waals surface area (Å²) in [5.74, 6) is -0.0269. The summed E-state index contributed by atoms with van der Waals surface area (Å²) in [6, 6.07) is 9.29. The van der Waals surface area contributed by atoms with Crippen molar-refractivity contribution >= 4 is 34.2 Å². The largest absolute Gasteiger partial charge is 0.289 e. The summed E-state index contributed by atoms with van der Waals surface area (Å²) in [4.78, 5) is 21.5. The Morgan fingerprint density at radius 3 is 2.74 bits per heavy atom. The van der Waals surface area contributed by atoms with Crippen LogP contribution in [-0.4, -0.2) is 15.8 Å². The molecule has 0 N–H and O–H groups in total. The van der Waals surface area contributed by atoms with Gasteiger partial charge < -0.3 is 0 Å². The van der Waals surface area contributed by atoms with E-state index in [9.17, 15) is 4.79 Å². The normalized spacial score (nSPS) is 11.2. The van der Waals surface area contributed by atoms with Gasteiger partial charge in [-0.05, 0) is 41.8 Å². The second kappa shape index (κ2) is 5.12. The van der Waals surface area contributed by atoms with Crippen LogP contribution in [0.3, 0.4) is 0 Å². The number of fused-ring (bicyclic) bond motifs is 1. The number of nitrogens with zero attached hydrogens (tertiary/aromatic N) is 2. The number of thiophene rings is 1. The van der Waals surface area contributed by atoms with Crippen molar-refractivity contribution in [1.29, 1.82) is 0 Å². The van der Waals surface area contributed by atoms with Gasteiger partial charge in [0.25, 0.3) is 0 Å². The molecule has 2 aromatic heterocycles. The maximum absolute atomic E-state index is 12.1. The van der Waals surface area contributed by atoms with Gasteiger partial charge in [-0.15, -0.1) is 11.3 Å². The van der Waals surface area contributed by atoms with Gasteiger partial charge in [-0.1, -0.05) is 6.07 Å². The highest BCUT2D eigenvalue weighted by atomic mass is 32.1. The minimum Gasteiger partial charge on any atom is -0.289 e. The van der Waals surface area contributed by atoms with E-state index in [2.05, 4.69) is 9.97 Å². The summed E-state index contributed by atoms with van der Waals surface area (Å²) in [7, 11) is 0. The minimum absolute atomic E-state index is 0.0269. The molecule has 0 radical (unpaired) electrons. The first kappa shape index (κ1) is 11.7. The monoisotopic (exact) mass is 266 g/mol. The van der Waals surface area contributed by atoms with Crippen LogP contribution in [0.25, 0.3) is 17.1 Å². The van der Waals surface area contributed by atoms with Crippen LogP contribution in [0.5, 0.6) is 0 Å². The number of hydrogen-bond acceptors (Lipinski definition) is 4. The van der Waals surface area contributed by atoms with Crippen LogP contribution in [0.4, 0.5) is 0 Å². The quantitative estimate of drug-likeness (QED) is 0.537. The summed E-state index contributed by atoms with van der Waals surface area (Å²) in [5.41, 5.74) is 2.15. The lowest BCUT2D eigenvalue weighted by Crippen LogP contribution is -1.94. The van der Waals surface area contributed by atoms with E-state index >= 15 is 0 Å². The Hall–Kier alpha value is -2.33. The average molecular weight is 266 g/mol. The van der Waals surface area contributed by atoms with Crippen LogP contribution >= 0.6 is 11.3 Å². The zero-order valence-corrected chi connectivity index (χ0v) is 10.8. The fourth-order valence-electron chi connectivity index (χ4n) is 1.76. The number of aromatic nitrogens is 2. The summed E-state index contributed by atoms with van der Waals surface area (Å²) in [6.45, 7) is 0. The number of allylic oxidation sites excluding steroid dienone is 1. The Bertz CT molecular complexity index is 748. The van der Waals surface area contributed by atoms with Crippen molar-refractivity contribution in [2.75, 3.05) is 0 Å². The topological polar surface area (TPSA) is 42.9 Å². The Labute approximate surface area is 114 Å². The molecule has 0 aliphatic rings. The molecule has 3 rings (SSSR count). The van der Waals surface area contributed by atoms with E-state index in [1.54, 1.807) is 41.9 Å². The standard InChI is InChI=1S/C15H10N2OS/c18-15(6-4-12-2-1-9-19-12)11-3-5-13-14(10-11)17-8-7-16-13/h1-10H. The van der Waals surface area contributed by atoms with Crippen LogP contribution in [0, 0.1) is 0 Å². The molecule has 92 valence electrons. The molecule has 3 aromatic rings. The molecule has 0 aliphatic heterocycles. The molecule has 19 heavy (non-hydrogen) atoms. The van der Waals surface area contributed by atoms with E-state index in [4.69, 9.17) is 0 Å². The molecule has 0 fully saturated rings. The fraction of sp³-hybridized carbons (Fsp3) is 0. The Kier molecular flexibility index (Phi) is 3.16. The lowest BCUT2D eigenvalue weighted by Gasteiger charge is -1.98. The SMILES string of the molecule is O=C(C=Cc1cccs1)c1ccc2nccnc2c1. The molecule has 0 bridgehead atoms. The van der Waals surface area contributed by atoms with E-state index < -0.39 is 0 Å². The number of ketones is 1. The van der Waals surface area contributed by atoms with Gasteiger partial charge in [0, 0.05) is 22.8 Å². The zero-order valence-electron chi connectivity index (χ0n) is 9.98. The molecule has 0 spiro atoms. The minimum atomic E-state index is -0.0269. The summed E-state index contributed by atoms with van der Waals surface area (Å²) < 4.78 is 0. The van der Waals surface area contributed by atoms with Crippen LogP contribution in [0.1, 0.15) is 15.2 Å². The average Bonchev–Trinajstić information content (AvgIpc) is 2.97. The number of hydrogen-bond donors (Lipinski definition) is 0. The van der Waals surface area contributed by atoms with E-state index in [-0.39, 0.29) is 5.78 Å². The van der Waals surface area contributed by atoms with Gasteiger partial charge in [0.1, 0.15) is 0 Å². The van der Waals surface area contributed by atoms with Crippen molar-refractivity contribution < 1.29 is 4.79 Å². The Morgan fingerprint density at radius 1 is 1.11 bits per heavy atom. The predicted octanol–water partition coefficient (Wildman–Crippen LogP) is 3.59. The number of carbonyl (C=O) groups is 1. The van der Waals surface area contributed by atoms with Gasteiger partial charge in [0.15, 0.2) is 5.78 Å². The van der Waals surface area contributed by atoms with Gasteiger partial charge in [0.05, 0.1) is 11.0 Å². The first-order valence-electron chi connectivity index (χ1n) is 5.79. The summed E-state index contributed by atoms with van der Waals surface area (Å²) >= 11 is 1.60. The second-order valence-electron chi connectivity index (χ2n) is 3.97. The maximum atomic E-state index is 12.1. The molecule has 2 heterocycles. The fourth-order valence-corrected chi connectivity index (χ4v) is 2.37. The predicted molar refractivity (Wildman–Crippen MR) is 77.2 cm³/mol. The third-order valence-electron chi connectivity index (χ3n) is 2.70. The van der Waals surface area contributed by atoms with Crippen molar-refractivity contribution in [3.63, 3.8) is 0 Å². The van der Waals surface area contributed by atoms with Gasteiger partial charge in [-0.25, -0.2) is 0 Å². The van der Waals surface area contributed by atoms with Gasteiger partial charge >= 0.3 is 0 Å². The Balaban J connectivity index is 1.89. The summed E-state index contributed by atoms with van der Waals surface area (Å²) in [5, 5.41) is 1.98. The molecule has 0 unspecified atom stereocenters. The third-order valence-corrected chi connectivity index (χ3v) is 3.53. The van der Waals surface area contributed by atoms with Crippen molar-refractivity contribution in [3.05, 3.63) is 64.6 Å². The zero-order chi connectivity index (χ0) is 13.1. The maximum Gasteiger partial charge on any atom is 0.185 e. The third kappa shape index (κ3) is 2.58. The smallest absolute Gasteiger partial charge is 0.185 e. The molecule has 1 aromatic carbocycles. The van der Waals surface area contributed by atoms with E-state index in [1.807, 2.05) is 29.7 Å². The number of benzene rings is 1. The highest BCUT2D eigenvalue weighted by Gasteiger charge is 2.04. The molecule has 0 amide bonds. The van der Waals surface area contributed by atoms with Crippen molar-refractivity contribution in [1.82, 2.24) is 9.97 Å². The molecule has 0 atom stereocenters. The first-order chi connectivity index (χ1) is 9.33. The molecular formula is C15H10N2OS. The number of carbonyl (C=O) groups excluding carboxylic acids is 1. The van der Waals surface area contributed by atoms with Crippen molar-refractivity contribution in [2.45, 2.75) is 0 Å². The lowest BCUT2D eigenvalue weighted by molar-refractivity contribution is 0.104. The molecule has 4 heteroatoms. The van der Waals surface area contributed by atoms with Crippen LogP contribution < -0.4 is 0 Å². The lowest BCUT2D eigenvalue weighted by atomic mass is 10.1. The highest BCUT2D eigenvalue weighted by molar-refractivity contribution is 7.10. The molecule has 3 nitrogen and oxygen atoms in total.